The Morgan fingerprint density at radius 2 is 2.00 bits per heavy atom. The van der Waals surface area contributed by atoms with E-state index in [9.17, 15) is 0 Å². The summed E-state index contributed by atoms with van der Waals surface area (Å²) in [5, 5.41) is 13.1. The van der Waals surface area contributed by atoms with E-state index in [0.29, 0.717) is 13.1 Å². The first kappa shape index (κ1) is 18.7. The highest BCUT2D eigenvalue weighted by molar-refractivity contribution is 9.10. The topological polar surface area (TPSA) is 42.7 Å². The third-order valence-corrected chi connectivity index (χ3v) is 5.40. The summed E-state index contributed by atoms with van der Waals surface area (Å²) in [4.78, 5) is 0. The summed E-state index contributed by atoms with van der Waals surface area (Å²) in [6.07, 6.45) is 1.88. The predicted octanol–water partition coefficient (Wildman–Crippen LogP) is 5.44. The van der Waals surface area contributed by atoms with Crippen molar-refractivity contribution in [2.24, 2.45) is 0 Å². The van der Waals surface area contributed by atoms with Crippen molar-refractivity contribution in [1.29, 1.82) is 0 Å². The smallest absolute Gasteiger partial charge is 0.191 e. The van der Waals surface area contributed by atoms with Gasteiger partial charge in [-0.15, -0.1) is 16.8 Å². The molecule has 6 heteroatoms. The predicted molar refractivity (Wildman–Crippen MR) is 112 cm³/mol. The van der Waals surface area contributed by atoms with Crippen LogP contribution in [-0.2, 0) is 18.8 Å². The molecule has 1 aromatic heterocycles. The fraction of sp³-hybridized carbons (Fsp3) is 0.200. The van der Waals surface area contributed by atoms with Crippen LogP contribution in [0.2, 0.25) is 0 Å². The summed E-state index contributed by atoms with van der Waals surface area (Å²) in [5.41, 5.74) is 3.57. The van der Waals surface area contributed by atoms with Crippen molar-refractivity contribution >= 4 is 33.4 Å². The van der Waals surface area contributed by atoms with E-state index in [1.165, 1.54) is 11.1 Å². The Bertz CT molecular complexity index is 874. The zero-order valence-electron chi connectivity index (χ0n) is 14.7. The Morgan fingerprint density at radius 1 is 1.19 bits per heavy atom. The van der Waals surface area contributed by atoms with Crippen molar-refractivity contribution in [1.82, 2.24) is 14.8 Å². The van der Waals surface area contributed by atoms with Crippen LogP contribution in [0.25, 0.3) is 0 Å². The van der Waals surface area contributed by atoms with E-state index < -0.39 is 0 Å². The molecule has 26 heavy (non-hydrogen) atoms. The van der Waals surface area contributed by atoms with Gasteiger partial charge in [-0.25, -0.2) is 0 Å². The Kier molecular flexibility index (Phi) is 6.52. The molecule has 0 fully saturated rings. The zero-order chi connectivity index (χ0) is 18.4. The van der Waals surface area contributed by atoms with Crippen LogP contribution in [0.1, 0.15) is 17.0 Å². The molecular weight excluding hydrogens is 408 g/mol. The molecule has 2 aromatic carbocycles. The molecule has 3 aromatic rings. The normalized spacial score (nSPS) is 10.7. The minimum Gasteiger partial charge on any atom is -0.378 e. The lowest BCUT2D eigenvalue weighted by molar-refractivity contribution is 0.687. The van der Waals surface area contributed by atoms with Gasteiger partial charge in [0, 0.05) is 22.5 Å². The molecule has 0 atom stereocenters. The maximum absolute atomic E-state index is 4.38. The van der Waals surface area contributed by atoms with Gasteiger partial charge in [-0.05, 0) is 36.8 Å². The fourth-order valence-electron chi connectivity index (χ4n) is 2.50. The largest absolute Gasteiger partial charge is 0.378 e. The van der Waals surface area contributed by atoms with Crippen molar-refractivity contribution in [3.63, 3.8) is 0 Å². The Morgan fingerprint density at radius 3 is 2.73 bits per heavy atom. The number of hydrogen-bond donors (Lipinski definition) is 1. The van der Waals surface area contributed by atoms with E-state index in [0.717, 1.165) is 26.9 Å². The number of benzene rings is 2. The molecule has 0 saturated carbocycles. The van der Waals surface area contributed by atoms with E-state index in [1.807, 2.05) is 18.2 Å². The Hall–Kier alpha value is -2.05. The van der Waals surface area contributed by atoms with Crippen LogP contribution in [-0.4, -0.2) is 14.8 Å². The lowest BCUT2D eigenvalue weighted by Gasteiger charge is -2.10. The molecule has 3 rings (SSSR count). The molecule has 0 radical (unpaired) electrons. The van der Waals surface area contributed by atoms with Crippen LogP contribution < -0.4 is 5.32 Å². The van der Waals surface area contributed by atoms with Gasteiger partial charge in [0.05, 0.1) is 6.54 Å². The highest BCUT2D eigenvalue weighted by Gasteiger charge is 2.12. The number of allylic oxidation sites excluding steroid dienone is 1. The molecule has 134 valence electrons. The van der Waals surface area contributed by atoms with Crippen molar-refractivity contribution in [2.75, 3.05) is 5.32 Å². The number of hydrogen-bond acceptors (Lipinski definition) is 4. The quantitative estimate of drug-likeness (QED) is 0.383. The number of thioether (sulfide) groups is 1. The molecule has 1 heterocycles. The van der Waals surface area contributed by atoms with Gasteiger partial charge in [-0.3, -0.25) is 0 Å². The third kappa shape index (κ3) is 4.99. The minimum atomic E-state index is 0.626. The van der Waals surface area contributed by atoms with Gasteiger partial charge in [-0.1, -0.05) is 63.6 Å². The number of aromatic nitrogens is 3. The van der Waals surface area contributed by atoms with E-state index in [4.69, 9.17) is 0 Å². The monoisotopic (exact) mass is 428 g/mol. The van der Waals surface area contributed by atoms with E-state index in [1.54, 1.807) is 11.8 Å². The zero-order valence-corrected chi connectivity index (χ0v) is 17.1. The summed E-state index contributed by atoms with van der Waals surface area (Å²) in [7, 11) is 0. The second-order valence-electron chi connectivity index (χ2n) is 5.94. The van der Waals surface area contributed by atoms with Crippen LogP contribution in [0.15, 0.2) is 70.8 Å². The van der Waals surface area contributed by atoms with Crippen molar-refractivity contribution in [2.45, 2.75) is 30.9 Å². The van der Waals surface area contributed by atoms with Gasteiger partial charge in [-0.2, -0.15) is 0 Å². The molecule has 0 unspecified atom stereocenters. The van der Waals surface area contributed by atoms with Gasteiger partial charge in [0.25, 0.3) is 0 Å². The number of nitrogens with one attached hydrogen (secondary N) is 1. The third-order valence-electron chi connectivity index (χ3n) is 3.86. The van der Waals surface area contributed by atoms with Crippen molar-refractivity contribution in [3.8, 4) is 0 Å². The first-order valence-electron chi connectivity index (χ1n) is 8.36. The number of rotatable bonds is 8. The molecule has 1 N–H and O–H groups in total. The van der Waals surface area contributed by atoms with Crippen LogP contribution in [0, 0.1) is 6.92 Å². The first-order valence-corrected chi connectivity index (χ1v) is 10.1. The second kappa shape index (κ2) is 9.05. The van der Waals surface area contributed by atoms with Crippen LogP contribution in [0.3, 0.4) is 0 Å². The van der Waals surface area contributed by atoms with Gasteiger partial charge >= 0.3 is 0 Å². The number of aryl methyl sites for hydroxylation is 1. The maximum Gasteiger partial charge on any atom is 0.191 e. The van der Waals surface area contributed by atoms with Gasteiger partial charge in [0.15, 0.2) is 11.0 Å². The SMILES string of the molecule is C=CCn1c(CNc2ccc(C)cc2)nnc1SCc1cccc(Br)c1. The van der Waals surface area contributed by atoms with Gasteiger partial charge in [0.2, 0.25) is 0 Å². The van der Waals surface area contributed by atoms with Crippen molar-refractivity contribution in [3.05, 3.63) is 82.6 Å². The molecule has 0 spiro atoms. The molecule has 0 aliphatic rings. The minimum absolute atomic E-state index is 0.626. The summed E-state index contributed by atoms with van der Waals surface area (Å²) in [6, 6.07) is 16.7. The molecule has 4 nitrogen and oxygen atoms in total. The average molecular weight is 429 g/mol. The van der Waals surface area contributed by atoms with E-state index in [-0.39, 0.29) is 0 Å². The lowest BCUT2D eigenvalue weighted by Crippen LogP contribution is -2.09. The average Bonchev–Trinajstić information content (AvgIpc) is 3.02. The molecule has 0 aliphatic carbocycles. The maximum atomic E-state index is 4.38. The standard InChI is InChI=1S/C20H21BrN4S/c1-3-11-25-19(13-22-18-9-7-15(2)8-10-18)23-24-20(25)26-14-16-5-4-6-17(21)12-16/h3-10,12,22H,1,11,13-14H2,2H3. The van der Waals surface area contributed by atoms with Crippen LogP contribution >= 0.6 is 27.7 Å². The number of nitrogens with zero attached hydrogens (tertiary/aromatic N) is 3. The molecule has 0 bridgehead atoms. The molecule has 0 amide bonds. The van der Waals surface area contributed by atoms with Crippen LogP contribution in [0.4, 0.5) is 5.69 Å². The Labute approximate surface area is 166 Å². The number of anilines is 1. The lowest BCUT2D eigenvalue weighted by atomic mass is 10.2. The van der Waals surface area contributed by atoms with Crippen molar-refractivity contribution < 1.29 is 0 Å². The van der Waals surface area contributed by atoms with Crippen LogP contribution in [0.5, 0.6) is 0 Å². The number of halogens is 1. The van der Waals surface area contributed by atoms with Gasteiger partial charge < -0.3 is 9.88 Å². The first-order chi connectivity index (χ1) is 12.7. The van der Waals surface area contributed by atoms with E-state index in [2.05, 4.69) is 85.9 Å². The summed E-state index contributed by atoms with van der Waals surface area (Å²) >= 11 is 5.20. The second-order valence-corrected chi connectivity index (χ2v) is 7.79. The Balaban J connectivity index is 1.68. The fourth-order valence-corrected chi connectivity index (χ4v) is 3.85. The summed E-state index contributed by atoms with van der Waals surface area (Å²) in [5.74, 6) is 1.75. The summed E-state index contributed by atoms with van der Waals surface area (Å²) in [6.45, 7) is 7.27. The van der Waals surface area contributed by atoms with E-state index >= 15 is 0 Å². The highest BCUT2D eigenvalue weighted by atomic mass is 79.9. The molecule has 0 aliphatic heterocycles. The molecule has 0 saturated heterocycles. The van der Waals surface area contributed by atoms with Gasteiger partial charge in [0.1, 0.15) is 0 Å². The summed E-state index contributed by atoms with van der Waals surface area (Å²) < 4.78 is 3.20. The highest BCUT2D eigenvalue weighted by Crippen LogP contribution is 2.24. The molecular formula is C20H21BrN4S.